The van der Waals surface area contributed by atoms with Gasteiger partial charge in [0.2, 0.25) is 0 Å². The number of hydrogen-bond acceptors (Lipinski definition) is 6. The fourth-order valence-corrected chi connectivity index (χ4v) is 3.70. The molecule has 0 bridgehead atoms. The van der Waals surface area contributed by atoms with Gasteiger partial charge in [-0.2, -0.15) is 0 Å². The number of nitrogens with one attached hydrogen (secondary N) is 1. The van der Waals surface area contributed by atoms with Crippen molar-refractivity contribution >= 4 is 27.6 Å². The number of hydrogen-bond donors (Lipinski definition) is 1. The first-order valence-corrected chi connectivity index (χ1v) is 8.09. The van der Waals surface area contributed by atoms with Gasteiger partial charge in [0, 0.05) is 17.9 Å². The van der Waals surface area contributed by atoms with E-state index in [1.54, 1.807) is 0 Å². The third-order valence-corrected chi connectivity index (χ3v) is 4.88. The molecule has 1 aliphatic rings. The molecule has 7 nitrogen and oxygen atoms in total. The van der Waals surface area contributed by atoms with Crippen LogP contribution in [0.4, 0.5) is 5.69 Å². The molecule has 112 valence electrons. The van der Waals surface area contributed by atoms with Crippen LogP contribution in [0.15, 0.2) is 27.8 Å². The van der Waals surface area contributed by atoms with Crippen LogP contribution in [0, 0.1) is 16.0 Å². The average molecular weight is 309 g/mol. The molecule has 2 heterocycles. The molecule has 0 saturated carbocycles. The normalized spacial score (nSPS) is 20.5. The smallest absolute Gasteiger partial charge is 0.287 e. The maximum atomic E-state index is 12.3. The molecule has 0 unspecified atom stereocenters. The summed E-state index contributed by atoms with van der Waals surface area (Å²) in [7, 11) is -1.32. The summed E-state index contributed by atoms with van der Waals surface area (Å²) in [5.41, 5.74) is 0.740. The third kappa shape index (κ3) is 3.11. The van der Waals surface area contributed by atoms with Crippen LogP contribution >= 0.6 is 0 Å². The minimum atomic E-state index is -1.32. The highest BCUT2D eigenvalue weighted by Crippen LogP contribution is 2.24. The summed E-state index contributed by atoms with van der Waals surface area (Å²) < 4.78 is 17.7. The van der Waals surface area contributed by atoms with E-state index in [0.717, 1.165) is 25.9 Å². The predicted octanol–water partition coefficient (Wildman–Crippen LogP) is 1.84. The summed E-state index contributed by atoms with van der Waals surface area (Å²) in [6, 6.07) is 4.18. The van der Waals surface area contributed by atoms with Crippen molar-refractivity contribution in [2.45, 2.75) is 18.1 Å². The van der Waals surface area contributed by atoms with Gasteiger partial charge in [-0.05, 0) is 37.9 Å². The van der Waals surface area contributed by atoms with E-state index in [2.05, 4.69) is 10.3 Å². The van der Waals surface area contributed by atoms with E-state index in [1.165, 1.54) is 18.2 Å². The van der Waals surface area contributed by atoms with E-state index in [0.29, 0.717) is 22.8 Å². The van der Waals surface area contributed by atoms with Crippen LogP contribution in [0.2, 0.25) is 0 Å². The van der Waals surface area contributed by atoms with Crippen LogP contribution in [-0.4, -0.2) is 33.0 Å². The number of nitro groups is 1. The number of fused-ring (bicyclic) bond motifs is 1. The fraction of sp³-hybridized carbons (Fsp3) is 0.462. The van der Waals surface area contributed by atoms with E-state index in [-0.39, 0.29) is 10.9 Å². The highest BCUT2D eigenvalue weighted by atomic mass is 32.2. The van der Waals surface area contributed by atoms with Gasteiger partial charge in [0.05, 0.1) is 4.92 Å². The number of nitro benzene ring substituents is 1. The zero-order chi connectivity index (χ0) is 14.8. The van der Waals surface area contributed by atoms with E-state index >= 15 is 0 Å². The van der Waals surface area contributed by atoms with Gasteiger partial charge >= 0.3 is 0 Å². The number of aromatic nitrogens is 1. The molecular weight excluding hydrogens is 294 g/mol. The van der Waals surface area contributed by atoms with Crippen molar-refractivity contribution in [3.8, 4) is 0 Å². The summed E-state index contributed by atoms with van der Waals surface area (Å²) in [6.07, 6.45) is 2.13. The molecular formula is C13H15N3O4S. The van der Waals surface area contributed by atoms with Gasteiger partial charge < -0.3 is 9.73 Å². The highest BCUT2D eigenvalue weighted by Gasteiger charge is 2.21. The maximum Gasteiger partial charge on any atom is 0.287 e. The summed E-state index contributed by atoms with van der Waals surface area (Å²) in [4.78, 5) is 14.4. The monoisotopic (exact) mass is 309 g/mol. The summed E-state index contributed by atoms with van der Waals surface area (Å²) >= 11 is 0. The number of nitrogens with zero attached hydrogens (tertiary/aromatic N) is 2. The lowest BCUT2D eigenvalue weighted by Gasteiger charge is -2.21. The molecule has 1 aliphatic heterocycles. The molecule has 0 aliphatic carbocycles. The molecule has 8 heteroatoms. The van der Waals surface area contributed by atoms with Crippen LogP contribution in [0.5, 0.6) is 0 Å². The number of oxazole rings is 1. The molecule has 3 rings (SSSR count). The Kier molecular flexibility index (Phi) is 3.98. The van der Waals surface area contributed by atoms with Crippen molar-refractivity contribution in [3.05, 3.63) is 28.3 Å². The summed E-state index contributed by atoms with van der Waals surface area (Å²) in [5.74, 6) is 0.853. The van der Waals surface area contributed by atoms with Crippen molar-refractivity contribution in [2.24, 2.45) is 5.92 Å². The van der Waals surface area contributed by atoms with Crippen LogP contribution in [0.1, 0.15) is 12.8 Å². The summed E-state index contributed by atoms with van der Waals surface area (Å²) in [6.45, 7) is 1.87. The Morgan fingerprint density at radius 1 is 1.52 bits per heavy atom. The van der Waals surface area contributed by atoms with Gasteiger partial charge in [0.1, 0.15) is 16.3 Å². The number of piperidine rings is 1. The van der Waals surface area contributed by atoms with Gasteiger partial charge in [0.15, 0.2) is 5.58 Å². The second kappa shape index (κ2) is 5.90. The minimum absolute atomic E-state index is 0.0513. The number of rotatable bonds is 4. The SMILES string of the molecule is O=[N+]([O-])c1ccc2oc([S@](=O)C[C@@H]3CCCNC3)nc2c1. The van der Waals surface area contributed by atoms with Crippen molar-refractivity contribution in [1.29, 1.82) is 0 Å². The van der Waals surface area contributed by atoms with Crippen LogP contribution in [-0.2, 0) is 10.8 Å². The molecule has 1 saturated heterocycles. The summed E-state index contributed by atoms with van der Waals surface area (Å²) in [5, 5.41) is 14.2. The Bertz CT molecular complexity index is 694. The molecule has 1 aromatic carbocycles. The molecule has 0 amide bonds. The molecule has 0 radical (unpaired) electrons. The van der Waals surface area contributed by atoms with Crippen LogP contribution in [0.25, 0.3) is 11.1 Å². The molecule has 2 aromatic rings. The van der Waals surface area contributed by atoms with E-state index in [1.807, 2.05) is 0 Å². The first-order valence-electron chi connectivity index (χ1n) is 6.77. The Morgan fingerprint density at radius 2 is 2.38 bits per heavy atom. The molecule has 21 heavy (non-hydrogen) atoms. The van der Waals surface area contributed by atoms with Crippen LogP contribution < -0.4 is 5.32 Å². The minimum Gasteiger partial charge on any atom is -0.430 e. The second-order valence-corrected chi connectivity index (χ2v) is 6.49. The Labute approximate surface area is 123 Å². The first-order chi connectivity index (χ1) is 10.1. The standard InChI is InChI=1S/C13H15N3O4S/c17-16(18)10-3-4-12-11(6-10)15-13(20-12)21(19)8-9-2-1-5-14-7-9/h3-4,6,9,14H,1-2,5,7-8H2/t9-,21-/m1/s1. The van der Waals surface area contributed by atoms with Gasteiger partial charge in [-0.25, -0.2) is 9.19 Å². The highest BCUT2D eigenvalue weighted by molar-refractivity contribution is 7.84. The quantitative estimate of drug-likeness (QED) is 0.683. The zero-order valence-electron chi connectivity index (χ0n) is 11.3. The Morgan fingerprint density at radius 3 is 3.10 bits per heavy atom. The third-order valence-electron chi connectivity index (χ3n) is 3.54. The van der Waals surface area contributed by atoms with Gasteiger partial charge in [-0.1, -0.05) is 0 Å². The fourth-order valence-electron chi connectivity index (χ4n) is 2.46. The molecule has 1 aromatic heterocycles. The van der Waals surface area contributed by atoms with E-state index in [9.17, 15) is 14.3 Å². The lowest BCUT2D eigenvalue weighted by atomic mass is 10.0. The zero-order valence-corrected chi connectivity index (χ0v) is 12.1. The average Bonchev–Trinajstić information content (AvgIpc) is 2.91. The van der Waals surface area contributed by atoms with Crippen molar-refractivity contribution in [3.63, 3.8) is 0 Å². The second-order valence-electron chi connectivity index (χ2n) is 5.11. The topological polar surface area (TPSA) is 98.3 Å². The largest absolute Gasteiger partial charge is 0.430 e. The Hall–Kier alpha value is -1.80. The van der Waals surface area contributed by atoms with Crippen molar-refractivity contribution < 1.29 is 13.5 Å². The maximum absolute atomic E-state index is 12.3. The van der Waals surface area contributed by atoms with Crippen LogP contribution in [0.3, 0.4) is 0 Å². The van der Waals surface area contributed by atoms with Gasteiger partial charge in [-0.3, -0.25) is 10.1 Å². The van der Waals surface area contributed by atoms with Gasteiger partial charge in [-0.15, -0.1) is 0 Å². The first kappa shape index (κ1) is 14.2. The lowest BCUT2D eigenvalue weighted by Crippen LogP contribution is -2.32. The lowest BCUT2D eigenvalue weighted by molar-refractivity contribution is -0.384. The van der Waals surface area contributed by atoms with E-state index < -0.39 is 15.7 Å². The molecule has 0 spiro atoms. The Balaban J connectivity index is 1.79. The molecule has 1 N–H and O–H groups in total. The van der Waals surface area contributed by atoms with Crippen molar-refractivity contribution in [2.75, 3.05) is 18.8 Å². The molecule has 2 atom stereocenters. The van der Waals surface area contributed by atoms with E-state index in [4.69, 9.17) is 4.42 Å². The van der Waals surface area contributed by atoms with Crippen molar-refractivity contribution in [1.82, 2.24) is 10.3 Å². The predicted molar refractivity (Wildman–Crippen MR) is 77.5 cm³/mol. The van der Waals surface area contributed by atoms with Gasteiger partial charge in [0.25, 0.3) is 10.9 Å². The molecule has 1 fully saturated rings. The number of benzene rings is 1. The number of non-ortho nitro benzene ring substituents is 1.